The Morgan fingerprint density at radius 3 is 2.58 bits per heavy atom. The maximum atomic E-state index is 2.54. The molecule has 118 valence electrons. The lowest BCUT2D eigenvalue weighted by molar-refractivity contribution is 0.657. The van der Waals surface area contributed by atoms with E-state index in [2.05, 4.69) is 85.9 Å². The minimum Gasteiger partial charge on any atom is -0.0801 e. The molecular formula is C24H22. The highest BCUT2D eigenvalue weighted by Crippen LogP contribution is 2.74. The van der Waals surface area contributed by atoms with Gasteiger partial charge in [0.2, 0.25) is 0 Å². The highest BCUT2D eigenvalue weighted by Gasteiger charge is 2.68. The Kier molecular flexibility index (Phi) is 2.83. The summed E-state index contributed by atoms with van der Waals surface area (Å²) < 4.78 is 0. The first-order valence-corrected chi connectivity index (χ1v) is 9.05. The summed E-state index contributed by atoms with van der Waals surface area (Å²) in [5.41, 5.74) is 7.50. The van der Waals surface area contributed by atoms with E-state index in [1.807, 2.05) is 0 Å². The molecule has 0 amide bonds. The normalized spacial score (nSPS) is 32.0. The SMILES string of the molecule is CCc1ccc(C23C=C4C=CCC=CC4=C4C=CC=CC42C3)cc1. The Labute approximate surface area is 144 Å². The number of aryl methyl sites for hydroxylation is 1. The first-order valence-electron chi connectivity index (χ1n) is 9.05. The lowest BCUT2D eigenvalue weighted by Gasteiger charge is -2.31. The van der Waals surface area contributed by atoms with E-state index >= 15 is 0 Å². The number of hydrogen-bond acceptors (Lipinski definition) is 0. The largest absolute Gasteiger partial charge is 0.0801 e. The zero-order chi connectivity index (χ0) is 16.2. The van der Waals surface area contributed by atoms with Crippen LogP contribution in [0.4, 0.5) is 0 Å². The van der Waals surface area contributed by atoms with Crippen LogP contribution >= 0.6 is 0 Å². The van der Waals surface area contributed by atoms with Crippen molar-refractivity contribution in [3.63, 3.8) is 0 Å². The van der Waals surface area contributed by atoms with Gasteiger partial charge in [0, 0.05) is 10.8 Å². The van der Waals surface area contributed by atoms with E-state index in [0.29, 0.717) is 0 Å². The maximum absolute atomic E-state index is 2.54. The topological polar surface area (TPSA) is 0 Å². The molecule has 0 aromatic heterocycles. The summed E-state index contributed by atoms with van der Waals surface area (Å²) in [4.78, 5) is 0. The van der Waals surface area contributed by atoms with Crippen molar-refractivity contribution >= 4 is 0 Å². The van der Waals surface area contributed by atoms with Crippen molar-refractivity contribution in [3.05, 3.63) is 107 Å². The molecule has 1 aromatic carbocycles. The Bertz CT molecular complexity index is 882. The molecule has 0 heterocycles. The lowest BCUT2D eigenvalue weighted by Crippen LogP contribution is -2.23. The molecule has 0 radical (unpaired) electrons. The Hall–Kier alpha value is -2.34. The monoisotopic (exact) mass is 310 g/mol. The quantitative estimate of drug-likeness (QED) is 0.652. The smallest absolute Gasteiger partial charge is 0.0285 e. The van der Waals surface area contributed by atoms with Crippen molar-refractivity contribution in [2.24, 2.45) is 5.41 Å². The average Bonchev–Trinajstić information content (AvgIpc) is 3.33. The van der Waals surface area contributed by atoms with Gasteiger partial charge in [0.15, 0.2) is 0 Å². The highest BCUT2D eigenvalue weighted by molar-refractivity contribution is 5.70. The minimum absolute atomic E-state index is 0.136. The van der Waals surface area contributed by atoms with Crippen molar-refractivity contribution in [2.75, 3.05) is 0 Å². The number of hydrogen-bond donors (Lipinski definition) is 0. The van der Waals surface area contributed by atoms with Crippen molar-refractivity contribution < 1.29 is 0 Å². The second kappa shape index (κ2) is 4.83. The first-order chi connectivity index (χ1) is 11.8. The average molecular weight is 310 g/mol. The highest BCUT2D eigenvalue weighted by atomic mass is 14.7. The summed E-state index contributed by atoms with van der Waals surface area (Å²) >= 11 is 0. The molecule has 0 heteroatoms. The molecule has 2 atom stereocenters. The van der Waals surface area contributed by atoms with Gasteiger partial charge in [0.1, 0.15) is 0 Å². The molecule has 5 rings (SSSR count). The summed E-state index contributed by atoms with van der Waals surface area (Å²) in [6, 6.07) is 9.32. The summed E-state index contributed by atoms with van der Waals surface area (Å²) in [7, 11) is 0. The van der Waals surface area contributed by atoms with E-state index in [-0.39, 0.29) is 10.8 Å². The molecule has 0 nitrogen and oxygen atoms in total. The summed E-state index contributed by atoms with van der Waals surface area (Å²) in [6.07, 6.45) is 24.3. The number of allylic oxidation sites excluding steroid dienone is 12. The van der Waals surface area contributed by atoms with E-state index in [1.54, 1.807) is 0 Å². The van der Waals surface area contributed by atoms with Gasteiger partial charge in [-0.2, -0.15) is 0 Å². The minimum atomic E-state index is 0.136. The summed E-state index contributed by atoms with van der Waals surface area (Å²) in [6.45, 7) is 2.22. The van der Waals surface area contributed by atoms with Crippen LogP contribution in [0.25, 0.3) is 0 Å². The fourth-order valence-electron chi connectivity index (χ4n) is 4.82. The van der Waals surface area contributed by atoms with Crippen LogP contribution < -0.4 is 0 Å². The first kappa shape index (κ1) is 14.0. The third kappa shape index (κ3) is 1.69. The Balaban J connectivity index is 1.72. The predicted molar refractivity (Wildman–Crippen MR) is 101 cm³/mol. The molecule has 0 saturated heterocycles. The molecule has 0 bridgehead atoms. The standard InChI is InChI=1S/C24H22/c1-2-18-11-13-20(14-12-18)24-16-19-8-4-3-5-9-21(19)22-10-6-7-15-23(22,24)17-24/h4-16H,2-3,17H2,1H3. The zero-order valence-corrected chi connectivity index (χ0v) is 14.1. The molecule has 0 aliphatic heterocycles. The van der Waals surface area contributed by atoms with E-state index in [1.165, 1.54) is 34.3 Å². The van der Waals surface area contributed by atoms with Crippen LogP contribution in [0.1, 0.15) is 30.9 Å². The fraction of sp³-hybridized carbons (Fsp3) is 0.250. The van der Waals surface area contributed by atoms with Gasteiger partial charge in [-0.05, 0) is 47.1 Å². The Morgan fingerprint density at radius 2 is 1.75 bits per heavy atom. The molecule has 1 fully saturated rings. The van der Waals surface area contributed by atoms with Crippen molar-refractivity contribution in [1.82, 2.24) is 0 Å². The van der Waals surface area contributed by atoms with Gasteiger partial charge in [-0.1, -0.05) is 85.9 Å². The van der Waals surface area contributed by atoms with Crippen LogP contribution in [-0.2, 0) is 11.8 Å². The lowest BCUT2D eigenvalue weighted by atomic mass is 9.71. The molecule has 24 heavy (non-hydrogen) atoms. The number of fused-ring (bicyclic) bond motifs is 1. The summed E-state index contributed by atoms with van der Waals surface area (Å²) in [5.74, 6) is 0. The predicted octanol–water partition coefficient (Wildman–Crippen LogP) is 5.76. The Morgan fingerprint density at radius 1 is 0.917 bits per heavy atom. The van der Waals surface area contributed by atoms with Crippen LogP contribution in [0.5, 0.6) is 0 Å². The van der Waals surface area contributed by atoms with Crippen LogP contribution in [-0.4, -0.2) is 0 Å². The zero-order valence-electron chi connectivity index (χ0n) is 14.1. The molecule has 1 spiro atoms. The molecule has 1 aromatic rings. The van der Waals surface area contributed by atoms with E-state index < -0.39 is 0 Å². The second-order valence-electron chi connectivity index (χ2n) is 7.36. The number of benzene rings is 1. The molecule has 4 aliphatic carbocycles. The van der Waals surface area contributed by atoms with Crippen molar-refractivity contribution in [3.8, 4) is 0 Å². The van der Waals surface area contributed by atoms with E-state index in [9.17, 15) is 0 Å². The van der Waals surface area contributed by atoms with Crippen LogP contribution in [0, 0.1) is 5.41 Å². The van der Waals surface area contributed by atoms with Gasteiger partial charge in [0.05, 0.1) is 0 Å². The maximum Gasteiger partial charge on any atom is 0.0285 e. The van der Waals surface area contributed by atoms with Gasteiger partial charge < -0.3 is 0 Å². The van der Waals surface area contributed by atoms with Crippen LogP contribution in [0.15, 0.2) is 95.7 Å². The van der Waals surface area contributed by atoms with Gasteiger partial charge in [-0.15, -0.1) is 0 Å². The second-order valence-corrected chi connectivity index (χ2v) is 7.36. The fourth-order valence-corrected chi connectivity index (χ4v) is 4.82. The van der Waals surface area contributed by atoms with E-state index in [0.717, 1.165) is 12.8 Å². The van der Waals surface area contributed by atoms with E-state index in [4.69, 9.17) is 0 Å². The summed E-state index contributed by atoms with van der Waals surface area (Å²) in [5, 5.41) is 0. The van der Waals surface area contributed by atoms with Gasteiger partial charge >= 0.3 is 0 Å². The third-order valence-electron chi connectivity index (χ3n) is 6.20. The number of rotatable bonds is 2. The van der Waals surface area contributed by atoms with Crippen molar-refractivity contribution in [1.29, 1.82) is 0 Å². The van der Waals surface area contributed by atoms with Gasteiger partial charge in [0.25, 0.3) is 0 Å². The van der Waals surface area contributed by atoms with Crippen LogP contribution in [0.3, 0.4) is 0 Å². The third-order valence-corrected chi connectivity index (χ3v) is 6.20. The van der Waals surface area contributed by atoms with Gasteiger partial charge in [-0.25, -0.2) is 0 Å². The van der Waals surface area contributed by atoms with Crippen molar-refractivity contribution in [2.45, 2.75) is 31.6 Å². The molecule has 0 N–H and O–H groups in total. The van der Waals surface area contributed by atoms with Gasteiger partial charge in [-0.3, -0.25) is 0 Å². The molecule has 4 aliphatic rings. The molecule has 2 unspecified atom stereocenters. The molecule has 1 saturated carbocycles. The molecular weight excluding hydrogens is 288 g/mol. The van der Waals surface area contributed by atoms with Crippen LogP contribution in [0.2, 0.25) is 0 Å².